The fourth-order valence-corrected chi connectivity index (χ4v) is 4.49. The smallest absolute Gasteiger partial charge is 0.326 e. The van der Waals surface area contributed by atoms with E-state index in [0.717, 1.165) is 26.9 Å². The second-order valence-corrected chi connectivity index (χ2v) is 8.06. The summed E-state index contributed by atoms with van der Waals surface area (Å²) in [5, 5.41) is 0. The van der Waals surface area contributed by atoms with E-state index in [1.807, 2.05) is 19.9 Å². The molecule has 0 radical (unpaired) electrons. The molecule has 2 aromatic carbocycles. The number of hydrogen-bond acceptors (Lipinski definition) is 6. The number of rotatable bonds is 7. The molecule has 0 N–H and O–H groups in total. The predicted molar refractivity (Wildman–Crippen MR) is 120 cm³/mol. The first-order valence-electron chi connectivity index (χ1n) is 9.91. The van der Waals surface area contributed by atoms with E-state index in [2.05, 4.69) is 11.1 Å². The van der Waals surface area contributed by atoms with Crippen LogP contribution in [0.15, 0.2) is 35.3 Å². The highest BCUT2D eigenvalue weighted by molar-refractivity contribution is 7.16. The number of methoxy groups -OCH3 is 2. The number of benzene rings is 2. The Balaban J connectivity index is 2.01. The lowest BCUT2D eigenvalue weighted by Crippen LogP contribution is -2.23. The van der Waals surface area contributed by atoms with E-state index in [9.17, 15) is 9.59 Å². The number of esters is 1. The van der Waals surface area contributed by atoms with Crippen LogP contribution >= 0.6 is 11.3 Å². The van der Waals surface area contributed by atoms with Gasteiger partial charge in [-0.2, -0.15) is 4.99 Å². The summed E-state index contributed by atoms with van der Waals surface area (Å²) in [4.78, 5) is 29.8. The predicted octanol–water partition coefficient (Wildman–Crippen LogP) is 3.57. The van der Waals surface area contributed by atoms with Crippen molar-refractivity contribution in [3.05, 3.63) is 51.8 Å². The maximum absolute atomic E-state index is 12.8. The molecule has 1 amide bonds. The Morgan fingerprint density at radius 3 is 2.48 bits per heavy atom. The van der Waals surface area contributed by atoms with E-state index in [1.165, 1.54) is 11.3 Å². The van der Waals surface area contributed by atoms with Crippen LogP contribution in [0.1, 0.15) is 23.6 Å². The number of amides is 1. The highest BCUT2D eigenvalue weighted by Crippen LogP contribution is 2.28. The molecular formula is C23H26N2O5S. The Hall–Kier alpha value is -3.13. The molecule has 0 bridgehead atoms. The van der Waals surface area contributed by atoms with Gasteiger partial charge in [0, 0.05) is 0 Å². The second kappa shape index (κ2) is 9.78. The molecule has 0 saturated heterocycles. The van der Waals surface area contributed by atoms with Gasteiger partial charge in [0.05, 0.1) is 37.5 Å². The van der Waals surface area contributed by atoms with Gasteiger partial charge in [-0.15, -0.1) is 0 Å². The third-order valence-electron chi connectivity index (χ3n) is 4.73. The lowest BCUT2D eigenvalue weighted by atomic mass is 10.1. The fraction of sp³-hybridized carbons (Fsp3) is 0.348. The third-order valence-corrected chi connectivity index (χ3v) is 5.96. The maximum Gasteiger partial charge on any atom is 0.326 e. The molecule has 0 aliphatic heterocycles. The summed E-state index contributed by atoms with van der Waals surface area (Å²) in [5.74, 6) is 0.470. The molecule has 3 rings (SSSR count). The molecule has 0 aliphatic carbocycles. The number of carbonyl (C=O) groups excluding carboxylic acids is 2. The van der Waals surface area contributed by atoms with Crippen LogP contribution in [0.3, 0.4) is 0 Å². The van der Waals surface area contributed by atoms with Crippen molar-refractivity contribution >= 4 is 33.4 Å². The van der Waals surface area contributed by atoms with Crippen molar-refractivity contribution in [3.8, 4) is 11.5 Å². The number of carbonyl (C=O) groups is 2. The number of fused-ring (bicyclic) bond motifs is 1. The summed E-state index contributed by atoms with van der Waals surface area (Å²) >= 11 is 1.39. The van der Waals surface area contributed by atoms with E-state index in [-0.39, 0.29) is 24.8 Å². The van der Waals surface area contributed by atoms with Crippen LogP contribution in [0.2, 0.25) is 0 Å². The summed E-state index contributed by atoms with van der Waals surface area (Å²) in [6.07, 6.45) is 0.103. The van der Waals surface area contributed by atoms with E-state index in [0.29, 0.717) is 22.9 Å². The SMILES string of the molecule is CCOC(=O)Cn1c(=NC(=O)Cc2ccc(OC)c(OC)c2)sc2c(C)cc(C)cc21. The maximum atomic E-state index is 12.8. The summed E-state index contributed by atoms with van der Waals surface area (Å²) in [5.41, 5.74) is 3.78. The van der Waals surface area contributed by atoms with Gasteiger partial charge in [-0.3, -0.25) is 9.59 Å². The van der Waals surface area contributed by atoms with Gasteiger partial charge in [0.1, 0.15) is 6.54 Å². The van der Waals surface area contributed by atoms with Crippen LogP contribution in [-0.4, -0.2) is 37.3 Å². The topological polar surface area (TPSA) is 79.1 Å². The van der Waals surface area contributed by atoms with Gasteiger partial charge in [0.2, 0.25) is 0 Å². The second-order valence-electron chi connectivity index (χ2n) is 7.08. The Bertz CT molecular complexity index is 1190. The number of hydrogen-bond donors (Lipinski definition) is 0. The summed E-state index contributed by atoms with van der Waals surface area (Å²) in [6, 6.07) is 9.39. The number of ether oxygens (including phenoxy) is 3. The number of thiazole rings is 1. The Kier molecular flexibility index (Phi) is 7.12. The van der Waals surface area contributed by atoms with Gasteiger partial charge < -0.3 is 18.8 Å². The minimum absolute atomic E-state index is 0.000788. The molecule has 7 nitrogen and oxygen atoms in total. The summed E-state index contributed by atoms with van der Waals surface area (Å²) in [7, 11) is 3.11. The monoisotopic (exact) mass is 442 g/mol. The van der Waals surface area contributed by atoms with Crippen molar-refractivity contribution in [1.29, 1.82) is 0 Å². The molecule has 0 saturated carbocycles. The van der Waals surface area contributed by atoms with Crippen LogP contribution in [0, 0.1) is 13.8 Å². The molecule has 0 fully saturated rings. The average molecular weight is 443 g/mol. The highest BCUT2D eigenvalue weighted by Gasteiger charge is 2.15. The summed E-state index contributed by atoms with van der Waals surface area (Å²) in [6.45, 7) is 6.07. The molecule has 164 valence electrons. The zero-order valence-corrected chi connectivity index (χ0v) is 19.2. The van der Waals surface area contributed by atoms with Crippen LogP contribution < -0.4 is 14.3 Å². The van der Waals surface area contributed by atoms with Gasteiger partial charge in [-0.1, -0.05) is 23.5 Å². The average Bonchev–Trinajstić information content (AvgIpc) is 3.05. The van der Waals surface area contributed by atoms with Crippen LogP contribution in [0.4, 0.5) is 0 Å². The van der Waals surface area contributed by atoms with Gasteiger partial charge in [-0.25, -0.2) is 0 Å². The molecule has 0 unspecified atom stereocenters. The Morgan fingerprint density at radius 1 is 1.06 bits per heavy atom. The Labute approximate surface area is 184 Å². The van der Waals surface area contributed by atoms with Crippen molar-refractivity contribution in [2.75, 3.05) is 20.8 Å². The minimum atomic E-state index is -0.366. The van der Waals surface area contributed by atoms with E-state index >= 15 is 0 Å². The molecule has 0 spiro atoms. The van der Waals surface area contributed by atoms with Gasteiger partial charge in [0.25, 0.3) is 5.91 Å². The quantitative estimate of drug-likeness (QED) is 0.523. The minimum Gasteiger partial charge on any atom is -0.493 e. The first-order valence-corrected chi connectivity index (χ1v) is 10.7. The van der Waals surface area contributed by atoms with Crippen molar-refractivity contribution in [2.24, 2.45) is 4.99 Å². The summed E-state index contributed by atoms with van der Waals surface area (Å²) < 4.78 is 18.4. The molecule has 1 heterocycles. The van der Waals surface area contributed by atoms with Gasteiger partial charge in [0.15, 0.2) is 16.3 Å². The van der Waals surface area contributed by atoms with Crippen molar-refractivity contribution in [1.82, 2.24) is 4.57 Å². The molecular weight excluding hydrogens is 416 g/mol. The molecule has 1 aromatic heterocycles. The first-order chi connectivity index (χ1) is 14.9. The number of aromatic nitrogens is 1. The molecule has 3 aromatic rings. The largest absolute Gasteiger partial charge is 0.493 e. The van der Waals surface area contributed by atoms with E-state index < -0.39 is 0 Å². The fourth-order valence-electron chi connectivity index (χ4n) is 3.40. The van der Waals surface area contributed by atoms with E-state index in [1.54, 1.807) is 43.9 Å². The third kappa shape index (κ3) is 5.14. The number of aryl methyl sites for hydroxylation is 2. The van der Waals surface area contributed by atoms with Crippen LogP contribution in [0.5, 0.6) is 11.5 Å². The van der Waals surface area contributed by atoms with Crippen molar-refractivity contribution in [3.63, 3.8) is 0 Å². The Morgan fingerprint density at radius 2 is 1.81 bits per heavy atom. The molecule has 8 heteroatoms. The first kappa shape index (κ1) is 22.6. The van der Waals surface area contributed by atoms with E-state index in [4.69, 9.17) is 14.2 Å². The zero-order chi connectivity index (χ0) is 22.5. The normalized spacial score (nSPS) is 11.6. The standard InChI is InChI=1S/C23H26N2O5S/c1-6-30-21(27)13-25-17-10-14(2)9-15(3)22(17)31-23(25)24-20(26)12-16-7-8-18(28-4)19(11-16)29-5/h7-11H,6,12-13H2,1-5H3. The lowest BCUT2D eigenvalue weighted by Gasteiger charge is -2.08. The molecule has 31 heavy (non-hydrogen) atoms. The highest BCUT2D eigenvalue weighted by atomic mass is 32.1. The molecule has 0 atom stereocenters. The van der Waals surface area contributed by atoms with Gasteiger partial charge in [-0.05, 0) is 55.7 Å². The van der Waals surface area contributed by atoms with Gasteiger partial charge >= 0.3 is 5.97 Å². The lowest BCUT2D eigenvalue weighted by molar-refractivity contribution is -0.143. The van der Waals surface area contributed by atoms with Crippen LogP contribution in [-0.2, 0) is 27.3 Å². The molecule has 0 aliphatic rings. The van der Waals surface area contributed by atoms with Crippen molar-refractivity contribution in [2.45, 2.75) is 33.7 Å². The van der Waals surface area contributed by atoms with Crippen molar-refractivity contribution < 1.29 is 23.8 Å². The van der Waals surface area contributed by atoms with Crippen LogP contribution in [0.25, 0.3) is 10.2 Å². The zero-order valence-electron chi connectivity index (χ0n) is 18.4. The number of nitrogens with zero attached hydrogens (tertiary/aromatic N) is 2.